The number of aromatic nitrogens is 2. The zero-order valence-electron chi connectivity index (χ0n) is 12.5. The summed E-state index contributed by atoms with van der Waals surface area (Å²) in [6, 6.07) is 4.26. The van der Waals surface area contributed by atoms with E-state index in [1.54, 1.807) is 6.07 Å². The number of nitrogens with zero attached hydrogens (tertiary/aromatic N) is 2. The highest BCUT2D eigenvalue weighted by atomic mass is 35.5. The van der Waals surface area contributed by atoms with Crippen molar-refractivity contribution in [3.05, 3.63) is 46.0 Å². The average Bonchev–Trinajstić information content (AvgIpc) is 2.41. The van der Waals surface area contributed by atoms with Crippen LogP contribution in [-0.2, 0) is 6.54 Å². The lowest BCUT2D eigenvalue weighted by Gasteiger charge is -2.12. The zero-order valence-corrected chi connectivity index (χ0v) is 13.3. The van der Waals surface area contributed by atoms with Gasteiger partial charge in [-0.05, 0) is 45.0 Å². The van der Waals surface area contributed by atoms with Gasteiger partial charge in [-0.1, -0.05) is 18.5 Å². The first kappa shape index (κ1) is 15.9. The van der Waals surface area contributed by atoms with E-state index in [0.717, 1.165) is 36.5 Å². The van der Waals surface area contributed by atoms with E-state index >= 15 is 0 Å². The van der Waals surface area contributed by atoms with Crippen molar-refractivity contribution in [1.82, 2.24) is 15.3 Å². The first-order valence-electron chi connectivity index (χ1n) is 7.03. The summed E-state index contributed by atoms with van der Waals surface area (Å²) in [4.78, 5) is 9.03. The van der Waals surface area contributed by atoms with Gasteiger partial charge in [0, 0.05) is 29.1 Å². The Labute approximate surface area is 129 Å². The number of aryl methyl sites for hydroxylation is 2. The fraction of sp³-hybridized carbons (Fsp3) is 0.375. The van der Waals surface area contributed by atoms with Crippen molar-refractivity contribution in [2.24, 2.45) is 0 Å². The Morgan fingerprint density at radius 2 is 1.86 bits per heavy atom. The second-order valence-corrected chi connectivity index (χ2v) is 5.40. The summed E-state index contributed by atoms with van der Waals surface area (Å²) in [5.74, 6) is 0.173. The highest BCUT2D eigenvalue weighted by molar-refractivity contribution is 6.33. The monoisotopic (exact) mass is 307 g/mol. The van der Waals surface area contributed by atoms with Crippen molar-refractivity contribution in [2.75, 3.05) is 6.54 Å². The van der Waals surface area contributed by atoms with E-state index < -0.39 is 0 Å². The van der Waals surface area contributed by atoms with Gasteiger partial charge in [0.05, 0.1) is 5.02 Å². The molecule has 1 aromatic heterocycles. The molecule has 2 aromatic rings. The van der Waals surface area contributed by atoms with E-state index in [2.05, 4.69) is 22.2 Å². The molecule has 21 heavy (non-hydrogen) atoms. The second kappa shape index (κ2) is 6.96. The molecule has 2 rings (SSSR count). The highest BCUT2D eigenvalue weighted by Crippen LogP contribution is 2.27. The van der Waals surface area contributed by atoms with Gasteiger partial charge in [-0.25, -0.2) is 14.4 Å². The van der Waals surface area contributed by atoms with Crippen LogP contribution >= 0.6 is 11.6 Å². The van der Waals surface area contributed by atoms with E-state index in [1.807, 2.05) is 13.8 Å². The van der Waals surface area contributed by atoms with Gasteiger partial charge in [0.2, 0.25) is 0 Å². The maximum Gasteiger partial charge on any atom is 0.161 e. The molecular formula is C16H19ClFN3. The molecule has 1 N–H and O–H groups in total. The Hall–Kier alpha value is -1.52. The maximum atomic E-state index is 13.1. The summed E-state index contributed by atoms with van der Waals surface area (Å²) >= 11 is 6.08. The van der Waals surface area contributed by atoms with Gasteiger partial charge in [0.15, 0.2) is 5.82 Å². The van der Waals surface area contributed by atoms with Gasteiger partial charge in [-0.2, -0.15) is 0 Å². The summed E-state index contributed by atoms with van der Waals surface area (Å²) in [5, 5.41) is 3.68. The molecule has 1 aromatic carbocycles. The third-order valence-corrected chi connectivity index (χ3v) is 3.63. The minimum atomic E-state index is -0.363. The smallest absolute Gasteiger partial charge is 0.161 e. The average molecular weight is 308 g/mol. The van der Waals surface area contributed by atoms with Gasteiger partial charge < -0.3 is 5.32 Å². The molecule has 0 aliphatic rings. The molecule has 3 nitrogen and oxygen atoms in total. The van der Waals surface area contributed by atoms with Crippen LogP contribution in [0.25, 0.3) is 11.4 Å². The first-order chi connectivity index (χ1) is 10.0. The van der Waals surface area contributed by atoms with E-state index in [1.165, 1.54) is 12.1 Å². The van der Waals surface area contributed by atoms with Gasteiger partial charge in [0.1, 0.15) is 5.82 Å². The first-order valence-corrected chi connectivity index (χ1v) is 7.41. The fourth-order valence-corrected chi connectivity index (χ4v) is 2.43. The molecule has 0 bridgehead atoms. The van der Waals surface area contributed by atoms with Gasteiger partial charge in [-0.3, -0.25) is 0 Å². The SMILES string of the molecule is CCCNCc1c(C)nc(-c2ccc(F)cc2Cl)nc1C. The number of hydrogen-bond donors (Lipinski definition) is 1. The zero-order chi connectivity index (χ0) is 15.4. The van der Waals surface area contributed by atoms with Crippen LogP contribution in [0.4, 0.5) is 4.39 Å². The minimum Gasteiger partial charge on any atom is -0.313 e. The number of benzene rings is 1. The number of rotatable bonds is 5. The van der Waals surface area contributed by atoms with Gasteiger partial charge in [-0.15, -0.1) is 0 Å². The van der Waals surface area contributed by atoms with Crippen molar-refractivity contribution in [1.29, 1.82) is 0 Å². The quantitative estimate of drug-likeness (QED) is 0.847. The van der Waals surface area contributed by atoms with Crippen molar-refractivity contribution < 1.29 is 4.39 Å². The minimum absolute atomic E-state index is 0.325. The molecule has 5 heteroatoms. The predicted molar refractivity (Wildman–Crippen MR) is 83.9 cm³/mol. The molecule has 0 radical (unpaired) electrons. The molecule has 0 spiro atoms. The summed E-state index contributed by atoms with van der Waals surface area (Å²) < 4.78 is 13.1. The third-order valence-electron chi connectivity index (χ3n) is 3.32. The van der Waals surface area contributed by atoms with Crippen LogP contribution in [0.15, 0.2) is 18.2 Å². The third kappa shape index (κ3) is 3.77. The lowest BCUT2D eigenvalue weighted by atomic mass is 10.1. The standard InChI is InChI=1S/C16H19ClFN3/c1-4-7-19-9-14-10(2)20-16(21-11(14)3)13-6-5-12(18)8-15(13)17/h5-6,8,19H,4,7,9H2,1-3H3. The van der Waals surface area contributed by atoms with E-state index in [0.29, 0.717) is 16.4 Å². The van der Waals surface area contributed by atoms with Crippen molar-refractivity contribution >= 4 is 11.6 Å². The van der Waals surface area contributed by atoms with Crippen molar-refractivity contribution in [2.45, 2.75) is 33.7 Å². The Bertz CT molecular complexity index is 620. The van der Waals surface area contributed by atoms with Crippen molar-refractivity contribution in [3.63, 3.8) is 0 Å². The van der Waals surface area contributed by atoms with Gasteiger partial charge >= 0.3 is 0 Å². The molecule has 0 saturated heterocycles. The largest absolute Gasteiger partial charge is 0.313 e. The molecule has 1 heterocycles. The molecule has 0 fully saturated rings. The lowest BCUT2D eigenvalue weighted by Crippen LogP contribution is -2.17. The van der Waals surface area contributed by atoms with Crippen LogP contribution in [0.3, 0.4) is 0 Å². The molecule has 0 amide bonds. The van der Waals surface area contributed by atoms with Crippen LogP contribution in [0, 0.1) is 19.7 Å². The van der Waals surface area contributed by atoms with E-state index in [-0.39, 0.29) is 5.82 Å². The van der Waals surface area contributed by atoms with Crippen molar-refractivity contribution in [3.8, 4) is 11.4 Å². The normalized spacial score (nSPS) is 10.9. The lowest BCUT2D eigenvalue weighted by molar-refractivity contribution is 0.628. The Kier molecular flexibility index (Phi) is 5.26. The Morgan fingerprint density at radius 3 is 2.43 bits per heavy atom. The van der Waals surface area contributed by atoms with E-state index in [4.69, 9.17) is 11.6 Å². The molecule has 112 valence electrons. The summed E-state index contributed by atoms with van der Waals surface area (Å²) in [5.41, 5.74) is 3.59. The number of hydrogen-bond acceptors (Lipinski definition) is 3. The molecule has 0 aliphatic carbocycles. The summed E-state index contributed by atoms with van der Waals surface area (Å²) in [7, 11) is 0. The predicted octanol–water partition coefficient (Wildman–Crippen LogP) is 4.05. The summed E-state index contributed by atoms with van der Waals surface area (Å²) in [6.45, 7) is 7.76. The Morgan fingerprint density at radius 1 is 1.19 bits per heavy atom. The molecule has 0 saturated carbocycles. The Balaban J connectivity index is 2.35. The molecule has 0 aliphatic heterocycles. The maximum absolute atomic E-state index is 13.1. The highest BCUT2D eigenvalue weighted by Gasteiger charge is 2.12. The molecular weight excluding hydrogens is 289 g/mol. The van der Waals surface area contributed by atoms with Gasteiger partial charge in [0.25, 0.3) is 0 Å². The molecule has 0 unspecified atom stereocenters. The van der Waals surface area contributed by atoms with E-state index in [9.17, 15) is 4.39 Å². The fourth-order valence-electron chi connectivity index (χ4n) is 2.18. The van der Waals surface area contributed by atoms with Crippen LogP contribution in [-0.4, -0.2) is 16.5 Å². The summed E-state index contributed by atoms with van der Waals surface area (Å²) in [6.07, 6.45) is 1.09. The topological polar surface area (TPSA) is 37.8 Å². The van der Waals surface area contributed by atoms with Crippen LogP contribution in [0.5, 0.6) is 0 Å². The van der Waals surface area contributed by atoms with Crippen LogP contribution in [0.1, 0.15) is 30.3 Å². The number of nitrogens with one attached hydrogen (secondary N) is 1. The van der Waals surface area contributed by atoms with Crippen LogP contribution < -0.4 is 5.32 Å². The second-order valence-electron chi connectivity index (χ2n) is 5.00. The molecule has 0 atom stereocenters. The van der Waals surface area contributed by atoms with Crippen LogP contribution in [0.2, 0.25) is 5.02 Å². The number of halogens is 2.